The summed E-state index contributed by atoms with van der Waals surface area (Å²) < 4.78 is 11.7. The van der Waals surface area contributed by atoms with Crippen LogP contribution in [-0.2, 0) is 10.8 Å². The van der Waals surface area contributed by atoms with Gasteiger partial charge in [0.1, 0.15) is 0 Å². The second-order valence-corrected chi connectivity index (χ2v) is 8.01. The third-order valence-electron chi connectivity index (χ3n) is 3.02. The molecule has 0 aliphatic rings. The first-order valence-electron chi connectivity index (χ1n) is 6.58. The fraction of sp³-hybridized carbons (Fsp3) is 0.571. The maximum Gasteiger partial charge on any atom is 0.269 e. The van der Waals surface area contributed by atoms with E-state index in [2.05, 4.69) is 5.32 Å². The van der Waals surface area contributed by atoms with E-state index >= 15 is 0 Å². The highest BCUT2D eigenvalue weighted by atomic mass is 32.2. The molecule has 0 radical (unpaired) electrons. The van der Waals surface area contributed by atoms with Crippen molar-refractivity contribution in [3.63, 3.8) is 0 Å². The van der Waals surface area contributed by atoms with Gasteiger partial charge in [-0.05, 0) is 33.3 Å². The lowest BCUT2D eigenvalue weighted by Gasteiger charge is -2.19. The SMILES string of the molecule is CC(NCCS(=O)C(C)(C)C)c1ccc([N+](=O)[O-])cc1. The van der Waals surface area contributed by atoms with E-state index in [9.17, 15) is 14.3 Å². The van der Waals surface area contributed by atoms with Crippen LogP contribution in [0.1, 0.15) is 39.3 Å². The van der Waals surface area contributed by atoms with Gasteiger partial charge >= 0.3 is 0 Å². The van der Waals surface area contributed by atoms with Crippen LogP contribution in [0.4, 0.5) is 5.69 Å². The number of hydrogen-bond donors (Lipinski definition) is 1. The van der Waals surface area contributed by atoms with Crippen molar-refractivity contribution < 1.29 is 9.13 Å². The normalized spacial score (nSPS) is 14.8. The summed E-state index contributed by atoms with van der Waals surface area (Å²) in [5.74, 6) is 0.598. The van der Waals surface area contributed by atoms with Gasteiger partial charge in [-0.15, -0.1) is 0 Å². The lowest BCUT2D eigenvalue weighted by atomic mass is 10.1. The lowest BCUT2D eigenvalue weighted by molar-refractivity contribution is -0.384. The van der Waals surface area contributed by atoms with Crippen molar-refractivity contribution in [3.8, 4) is 0 Å². The molecule has 6 heteroatoms. The van der Waals surface area contributed by atoms with Crippen LogP contribution in [0.25, 0.3) is 0 Å². The van der Waals surface area contributed by atoms with Gasteiger partial charge in [-0.1, -0.05) is 12.1 Å². The van der Waals surface area contributed by atoms with Crippen LogP contribution in [0, 0.1) is 10.1 Å². The summed E-state index contributed by atoms with van der Waals surface area (Å²) >= 11 is 0. The molecule has 0 aliphatic heterocycles. The van der Waals surface area contributed by atoms with Gasteiger partial charge in [-0.3, -0.25) is 14.3 Å². The molecule has 0 fully saturated rings. The Labute approximate surface area is 122 Å². The standard InChI is InChI=1S/C14H22N2O3S/c1-11(15-9-10-20(19)14(2,3)4)12-5-7-13(8-6-12)16(17)18/h5-8,11,15H,9-10H2,1-4H3. The number of non-ortho nitro benzene ring substituents is 1. The second-order valence-electron chi connectivity index (χ2n) is 5.69. The molecule has 0 saturated carbocycles. The van der Waals surface area contributed by atoms with Gasteiger partial charge in [-0.25, -0.2) is 0 Å². The minimum Gasteiger partial charge on any atom is -0.309 e. The topological polar surface area (TPSA) is 72.2 Å². The molecule has 1 aromatic rings. The fourth-order valence-corrected chi connectivity index (χ4v) is 2.59. The molecule has 1 aromatic carbocycles. The van der Waals surface area contributed by atoms with E-state index in [0.717, 1.165) is 5.56 Å². The molecule has 0 saturated heterocycles. The van der Waals surface area contributed by atoms with Gasteiger partial charge in [0.15, 0.2) is 0 Å². The van der Waals surface area contributed by atoms with Crippen LogP contribution < -0.4 is 5.32 Å². The quantitative estimate of drug-likeness (QED) is 0.647. The molecular formula is C14H22N2O3S. The van der Waals surface area contributed by atoms with Crippen molar-refractivity contribution in [2.45, 2.75) is 38.5 Å². The Morgan fingerprint density at radius 3 is 2.30 bits per heavy atom. The molecule has 1 rings (SSSR count). The minimum atomic E-state index is -0.872. The second kappa shape index (κ2) is 6.95. The van der Waals surface area contributed by atoms with E-state index in [1.807, 2.05) is 27.7 Å². The van der Waals surface area contributed by atoms with E-state index in [4.69, 9.17) is 0 Å². The average Bonchev–Trinajstić information content (AvgIpc) is 2.37. The van der Waals surface area contributed by atoms with Crippen LogP contribution >= 0.6 is 0 Å². The average molecular weight is 298 g/mol. The van der Waals surface area contributed by atoms with Crippen LogP contribution in [0.5, 0.6) is 0 Å². The third kappa shape index (κ3) is 5.02. The molecule has 20 heavy (non-hydrogen) atoms. The van der Waals surface area contributed by atoms with E-state index in [1.165, 1.54) is 12.1 Å². The summed E-state index contributed by atoms with van der Waals surface area (Å²) in [5.41, 5.74) is 1.08. The van der Waals surface area contributed by atoms with Gasteiger partial charge in [0.05, 0.1) is 4.92 Å². The summed E-state index contributed by atoms with van der Waals surface area (Å²) in [6.07, 6.45) is 0. The predicted molar refractivity (Wildman–Crippen MR) is 82.3 cm³/mol. The Kier molecular flexibility index (Phi) is 5.83. The molecule has 112 valence electrons. The first-order valence-corrected chi connectivity index (χ1v) is 7.90. The van der Waals surface area contributed by atoms with Gasteiger partial charge < -0.3 is 5.32 Å². The monoisotopic (exact) mass is 298 g/mol. The van der Waals surface area contributed by atoms with Crippen molar-refractivity contribution >= 4 is 16.5 Å². The minimum absolute atomic E-state index is 0.0766. The van der Waals surface area contributed by atoms with E-state index in [0.29, 0.717) is 12.3 Å². The molecule has 2 unspecified atom stereocenters. The van der Waals surface area contributed by atoms with Crippen molar-refractivity contribution in [1.82, 2.24) is 5.32 Å². The predicted octanol–water partition coefficient (Wildman–Crippen LogP) is 2.79. The lowest BCUT2D eigenvalue weighted by Crippen LogP contribution is -2.30. The Balaban J connectivity index is 2.49. The highest BCUT2D eigenvalue weighted by Crippen LogP contribution is 2.17. The maximum atomic E-state index is 11.9. The number of rotatable bonds is 6. The maximum absolute atomic E-state index is 11.9. The molecule has 0 amide bonds. The molecule has 0 aromatic heterocycles. The van der Waals surface area contributed by atoms with Crippen molar-refractivity contribution in [2.24, 2.45) is 0 Å². The summed E-state index contributed by atoms with van der Waals surface area (Å²) in [4.78, 5) is 10.2. The fourth-order valence-electron chi connectivity index (χ4n) is 1.68. The zero-order valence-electron chi connectivity index (χ0n) is 12.4. The molecular weight excluding hydrogens is 276 g/mol. The third-order valence-corrected chi connectivity index (χ3v) is 4.97. The first-order chi connectivity index (χ1) is 9.21. The zero-order chi connectivity index (χ0) is 15.3. The first kappa shape index (κ1) is 16.8. The number of nitrogens with one attached hydrogen (secondary N) is 1. The summed E-state index contributed by atoms with van der Waals surface area (Å²) in [6.45, 7) is 8.53. The summed E-state index contributed by atoms with van der Waals surface area (Å²) in [5, 5.41) is 13.9. The number of nitrogens with zero attached hydrogens (tertiary/aromatic N) is 1. The summed E-state index contributed by atoms with van der Waals surface area (Å²) in [7, 11) is -0.872. The van der Waals surface area contributed by atoms with Crippen LogP contribution in [-0.4, -0.2) is 26.2 Å². The molecule has 5 nitrogen and oxygen atoms in total. The van der Waals surface area contributed by atoms with Crippen LogP contribution in [0.2, 0.25) is 0 Å². The number of nitro groups is 1. The largest absolute Gasteiger partial charge is 0.309 e. The summed E-state index contributed by atoms with van der Waals surface area (Å²) in [6, 6.07) is 6.57. The van der Waals surface area contributed by atoms with Gasteiger partial charge in [0, 0.05) is 46.0 Å². The molecule has 0 bridgehead atoms. The highest BCUT2D eigenvalue weighted by Gasteiger charge is 2.19. The molecule has 1 N–H and O–H groups in total. The molecule has 0 aliphatic carbocycles. The van der Waals surface area contributed by atoms with Gasteiger partial charge in [-0.2, -0.15) is 0 Å². The Morgan fingerprint density at radius 2 is 1.85 bits per heavy atom. The molecule has 2 atom stereocenters. The Hall–Kier alpha value is -1.27. The van der Waals surface area contributed by atoms with Crippen molar-refractivity contribution in [3.05, 3.63) is 39.9 Å². The van der Waals surface area contributed by atoms with E-state index < -0.39 is 15.7 Å². The van der Waals surface area contributed by atoms with Crippen molar-refractivity contribution in [1.29, 1.82) is 0 Å². The van der Waals surface area contributed by atoms with Crippen LogP contribution in [0.3, 0.4) is 0 Å². The number of nitro benzene ring substituents is 1. The number of hydrogen-bond acceptors (Lipinski definition) is 4. The smallest absolute Gasteiger partial charge is 0.269 e. The highest BCUT2D eigenvalue weighted by molar-refractivity contribution is 7.86. The van der Waals surface area contributed by atoms with E-state index in [-0.39, 0.29) is 16.5 Å². The van der Waals surface area contributed by atoms with E-state index in [1.54, 1.807) is 12.1 Å². The Morgan fingerprint density at radius 1 is 1.30 bits per heavy atom. The number of benzene rings is 1. The zero-order valence-corrected chi connectivity index (χ0v) is 13.2. The van der Waals surface area contributed by atoms with Gasteiger partial charge in [0.2, 0.25) is 0 Å². The molecule has 0 spiro atoms. The van der Waals surface area contributed by atoms with Crippen molar-refractivity contribution in [2.75, 3.05) is 12.3 Å². The molecule has 0 heterocycles. The van der Waals surface area contributed by atoms with Gasteiger partial charge in [0.25, 0.3) is 5.69 Å². The Bertz CT molecular complexity index is 480. The van der Waals surface area contributed by atoms with Crippen LogP contribution in [0.15, 0.2) is 24.3 Å².